The highest BCUT2D eigenvalue weighted by Crippen LogP contribution is 2.35. The third kappa shape index (κ3) is 3.61. The number of methoxy groups -OCH3 is 2. The van der Waals surface area contributed by atoms with Crippen molar-refractivity contribution in [3.05, 3.63) is 46.4 Å². The van der Waals surface area contributed by atoms with Gasteiger partial charge in [0.1, 0.15) is 5.75 Å². The van der Waals surface area contributed by atoms with Gasteiger partial charge >= 0.3 is 0 Å². The lowest BCUT2D eigenvalue weighted by Gasteiger charge is -2.20. The SMILES string of the molecule is COc1cccc(N(C)Cc2cc(Br)c(O)c(OC)c2)c1. The van der Waals surface area contributed by atoms with Crippen molar-refractivity contribution >= 4 is 21.6 Å². The maximum atomic E-state index is 9.84. The number of phenolic OH excluding ortho intramolecular Hbond substituents is 1. The predicted octanol–water partition coefficient (Wildman–Crippen LogP) is 3.81. The largest absolute Gasteiger partial charge is 0.503 e. The summed E-state index contributed by atoms with van der Waals surface area (Å²) >= 11 is 3.34. The Morgan fingerprint density at radius 2 is 1.90 bits per heavy atom. The number of nitrogens with zero attached hydrogens (tertiary/aromatic N) is 1. The molecule has 0 amide bonds. The molecular weight excluding hydrogens is 334 g/mol. The van der Waals surface area contributed by atoms with Crippen molar-refractivity contribution in [2.75, 3.05) is 26.2 Å². The zero-order chi connectivity index (χ0) is 15.4. The number of phenols is 1. The molecule has 0 unspecified atom stereocenters. The molecule has 0 aliphatic heterocycles. The number of benzene rings is 2. The minimum absolute atomic E-state index is 0.116. The summed E-state index contributed by atoms with van der Waals surface area (Å²) in [4.78, 5) is 2.10. The van der Waals surface area contributed by atoms with E-state index in [1.165, 1.54) is 7.11 Å². The van der Waals surface area contributed by atoms with Crippen LogP contribution in [0.3, 0.4) is 0 Å². The Balaban J connectivity index is 2.22. The van der Waals surface area contributed by atoms with E-state index in [2.05, 4.69) is 20.8 Å². The number of anilines is 1. The second kappa shape index (κ2) is 6.72. The highest BCUT2D eigenvalue weighted by atomic mass is 79.9. The molecule has 0 spiro atoms. The van der Waals surface area contributed by atoms with Gasteiger partial charge in [-0.2, -0.15) is 0 Å². The van der Waals surface area contributed by atoms with Crippen LogP contribution in [0.15, 0.2) is 40.9 Å². The molecule has 4 nitrogen and oxygen atoms in total. The molecule has 112 valence electrons. The molecule has 0 atom stereocenters. The molecule has 2 aromatic carbocycles. The minimum Gasteiger partial charge on any atom is -0.503 e. The first-order valence-corrected chi connectivity index (χ1v) is 7.25. The van der Waals surface area contributed by atoms with Crippen LogP contribution in [0.4, 0.5) is 5.69 Å². The van der Waals surface area contributed by atoms with Gasteiger partial charge in [-0.25, -0.2) is 0 Å². The second-order valence-corrected chi connectivity index (χ2v) is 5.54. The highest BCUT2D eigenvalue weighted by molar-refractivity contribution is 9.10. The minimum atomic E-state index is 0.116. The average molecular weight is 352 g/mol. The predicted molar refractivity (Wildman–Crippen MR) is 87.5 cm³/mol. The van der Waals surface area contributed by atoms with Gasteiger partial charge in [0.15, 0.2) is 11.5 Å². The quantitative estimate of drug-likeness (QED) is 0.889. The van der Waals surface area contributed by atoms with Crippen LogP contribution < -0.4 is 14.4 Å². The third-order valence-corrected chi connectivity index (χ3v) is 3.83. The first-order valence-electron chi connectivity index (χ1n) is 6.45. The van der Waals surface area contributed by atoms with Gasteiger partial charge in [-0.05, 0) is 45.8 Å². The van der Waals surface area contributed by atoms with Crippen molar-refractivity contribution in [3.63, 3.8) is 0 Å². The first-order chi connectivity index (χ1) is 10.0. The summed E-state index contributed by atoms with van der Waals surface area (Å²) < 4.78 is 11.0. The van der Waals surface area contributed by atoms with Gasteiger partial charge in [-0.15, -0.1) is 0 Å². The van der Waals surface area contributed by atoms with Crippen molar-refractivity contribution in [2.45, 2.75) is 6.54 Å². The number of aromatic hydroxyl groups is 1. The van der Waals surface area contributed by atoms with Gasteiger partial charge in [0.2, 0.25) is 0 Å². The fraction of sp³-hybridized carbons (Fsp3) is 0.250. The molecule has 0 aliphatic rings. The van der Waals surface area contributed by atoms with Crippen LogP contribution in [-0.4, -0.2) is 26.4 Å². The Hall–Kier alpha value is -1.88. The maximum absolute atomic E-state index is 9.84. The van der Waals surface area contributed by atoms with Crippen molar-refractivity contribution in [2.24, 2.45) is 0 Å². The molecule has 0 saturated carbocycles. The fourth-order valence-corrected chi connectivity index (χ4v) is 2.58. The van der Waals surface area contributed by atoms with E-state index in [1.807, 2.05) is 43.4 Å². The number of rotatable bonds is 5. The summed E-state index contributed by atoms with van der Waals surface area (Å²) in [5, 5.41) is 9.84. The Labute approximate surface area is 133 Å². The highest BCUT2D eigenvalue weighted by Gasteiger charge is 2.10. The van der Waals surface area contributed by atoms with Crippen LogP contribution in [0.25, 0.3) is 0 Å². The molecule has 0 aliphatic carbocycles. The molecule has 0 saturated heterocycles. The summed E-state index contributed by atoms with van der Waals surface area (Å²) in [6.07, 6.45) is 0. The lowest BCUT2D eigenvalue weighted by molar-refractivity contribution is 0.371. The van der Waals surface area contributed by atoms with Gasteiger partial charge < -0.3 is 19.5 Å². The van der Waals surface area contributed by atoms with Crippen LogP contribution >= 0.6 is 15.9 Å². The number of hydrogen-bond donors (Lipinski definition) is 1. The number of ether oxygens (including phenoxy) is 2. The zero-order valence-corrected chi connectivity index (χ0v) is 13.8. The van der Waals surface area contributed by atoms with E-state index in [0.29, 0.717) is 16.8 Å². The van der Waals surface area contributed by atoms with E-state index < -0.39 is 0 Å². The van der Waals surface area contributed by atoms with Crippen molar-refractivity contribution < 1.29 is 14.6 Å². The maximum Gasteiger partial charge on any atom is 0.172 e. The van der Waals surface area contributed by atoms with Crippen molar-refractivity contribution in [3.8, 4) is 17.2 Å². The lowest BCUT2D eigenvalue weighted by atomic mass is 10.1. The molecule has 5 heteroatoms. The molecule has 2 aromatic rings. The first kappa shape index (κ1) is 15.5. The standard InChI is InChI=1S/C16H18BrNO3/c1-18(12-5-4-6-13(9-12)20-2)10-11-7-14(17)16(19)15(8-11)21-3/h4-9,19H,10H2,1-3H3. The summed E-state index contributed by atoms with van der Waals surface area (Å²) in [7, 11) is 5.19. The van der Waals surface area contributed by atoms with Gasteiger partial charge in [-0.3, -0.25) is 0 Å². The summed E-state index contributed by atoms with van der Waals surface area (Å²) in [5.74, 6) is 1.40. The van der Waals surface area contributed by atoms with Crippen LogP contribution in [-0.2, 0) is 6.54 Å². The smallest absolute Gasteiger partial charge is 0.172 e. The molecule has 21 heavy (non-hydrogen) atoms. The number of hydrogen-bond acceptors (Lipinski definition) is 4. The molecule has 2 rings (SSSR count). The molecule has 0 bridgehead atoms. The summed E-state index contributed by atoms with van der Waals surface area (Å²) in [6, 6.07) is 11.6. The van der Waals surface area contributed by atoms with Gasteiger partial charge in [-0.1, -0.05) is 6.07 Å². The molecule has 0 heterocycles. The molecule has 1 N–H and O–H groups in total. The average Bonchev–Trinajstić information content (AvgIpc) is 2.50. The fourth-order valence-electron chi connectivity index (χ4n) is 2.09. The van der Waals surface area contributed by atoms with Gasteiger partial charge in [0.25, 0.3) is 0 Å². The molecule has 0 aromatic heterocycles. The van der Waals surface area contributed by atoms with Crippen molar-refractivity contribution in [1.29, 1.82) is 0 Å². The monoisotopic (exact) mass is 351 g/mol. The van der Waals surface area contributed by atoms with Gasteiger partial charge in [0, 0.05) is 25.3 Å². The lowest BCUT2D eigenvalue weighted by Crippen LogP contribution is -2.16. The van der Waals surface area contributed by atoms with E-state index in [4.69, 9.17) is 9.47 Å². The summed E-state index contributed by atoms with van der Waals surface area (Å²) in [6.45, 7) is 0.683. The van der Waals surface area contributed by atoms with Gasteiger partial charge in [0.05, 0.1) is 18.7 Å². The zero-order valence-electron chi connectivity index (χ0n) is 12.3. The topological polar surface area (TPSA) is 41.9 Å². The van der Waals surface area contributed by atoms with E-state index in [9.17, 15) is 5.11 Å². The normalized spacial score (nSPS) is 10.3. The van der Waals surface area contributed by atoms with E-state index >= 15 is 0 Å². The third-order valence-electron chi connectivity index (χ3n) is 3.22. The Kier molecular flexibility index (Phi) is 4.96. The Bertz CT molecular complexity index is 631. The van der Waals surface area contributed by atoms with E-state index in [1.54, 1.807) is 7.11 Å². The van der Waals surface area contributed by atoms with Crippen LogP contribution in [0.1, 0.15) is 5.56 Å². The van der Waals surface area contributed by atoms with Crippen LogP contribution in [0.5, 0.6) is 17.2 Å². The summed E-state index contributed by atoms with van der Waals surface area (Å²) in [5.41, 5.74) is 2.08. The van der Waals surface area contributed by atoms with E-state index in [-0.39, 0.29) is 5.75 Å². The molecule has 0 fully saturated rings. The van der Waals surface area contributed by atoms with Crippen molar-refractivity contribution in [1.82, 2.24) is 0 Å². The van der Waals surface area contributed by atoms with Crippen LogP contribution in [0.2, 0.25) is 0 Å². The molecule has 0 radical (unpaired) electrons. The molecular formula is C16H18BrNO3. The van der Waals surface area contributed by atoms with Crippen LogP contribution in [0, 0.1) is 0 Å². The second-order valence-electron chi connectivity index (χ2n) is 4.69. The van der Waals surface area contributed by atoms with E-state index in [0.717, 1.165) is 17.0 Å². The Morgan fingerprint density at radius 1 is 1.14 bits per heavy atom. The number of halogens is 1. The Morgan fingerprint density at radius 3 is 2.57 bits per heavy atom.